The molecule has 1 N–H and O–H groups in total. The number of aromatic nitrogens is 6. The molecule has 0 aliphatic heterocycles. The van der Waals surface area contributed by atoms with Crippen LogP contribution in [0.4, 0.5) is 0 Å². The van der Waals surface area contributed by atoms with E-state index in [9.17, 15) is 9.59 Å². The quantitative estimate of drug-likeness (QED) is 0.453. The van der Waals surface area contributed by atoms with Gasteiger partial charge in [-0.05, 0) is 31.2 Å². The molecule has 0 fully saturated rings. The zero-order valence-corrected chi connectivity index (χ0v) is 16.8. The number of rotatable bonds is 4. The van der Waals surface area contributed by atoms with Crippen molar-refractivity contribution in [2.45, 2.75) is 17.8 Å². The number of aryl methyl sites for hydroxylation is 1. The van der Waals surface area contributed by atoms with E-state index in [4.69, 9.17) is 0 Å². The Labute approximate surface area is 174 Å². The van der Waals surface area contributed by atoms with Crippen LogP contribution in [0.5, 0.6) is 0 Å². The van der Waals surface area contributed by atoms with Gasteiger partial charge in [-0.1, -0.05) is 35.5 Å². The minimum atomic E-state index is -0.296. The normalized spacial score (nSPS) is 11.4. The molecule has 0 unspecified atom stereocenters. The molecule has 148 valence electrons. The fourth-order valence-corrected chi connectivity index (χ4v) is 4.12. The van der Waals surface area contributed by atoms with Crippen molar-refractivity contribution in [1.82, 2.24) is 28.9 Å². The van der Waals surface area contributed by atoms with Gasteiger partial charge in [0.1, 0.15) is 5.65 Å². The summed E-state index contributed by atoms with van der Waals surface area (Å²) in [4.78, 5) is 40.6. The number of imidazole rings is 1. The van der Waals surface area contributed by atoms with Crippen LogP contribution in [0.15, 0.2) is 75.8 Å². The third-order valence-electron chi connectivity index (χ3n) is 4.69. The first-order valence-corrected chi connectivity index (χ1v) is 10.2. The summed E-state index contributed by atoms with van der Waals surface area (Å²) < 4.78 is 3.35. The number of thioether (sulfide) groups is 1. The van der Waals surface area contributed by atoms with E-state index in [1.807, 2.05) is 41.8 Å². The number of fused-ring (bicyclic) bond motifs is 2. The molecule has 0 radical (unpaired) electrons. The minimum Gasteiger partial charge on any atom is -0.311 e. The molecule has 1 aromatic carbocycles. The molecule has 0 saturated heterocycles. The molecule has 0 atom stereocenters. The molecule has 5 aromatic rings. The summed E-state index contributed by atoms with van der Waals surface area (Å²) in [5.41, 5.74) is 3.53. The third-order valence-corrected chi connectivity index (χ3v) is 5.66. The largest absolute Gasteiger partial charge is 0.311 e. The first kappa shape index (κ1) is 18.3. The fourth-order valence-electron chi connectivity index (χ4n) is 3.22. The molecule has 30 heavy (non-hydrogen) atoms. The summed E-state index contributed by atoms with van der Waals surface area (Å²) in [6, 6.07) is 14.9. The second-order valence-electron chi connectivity index (χ2n) is 6.77. The van der Waals surface area contributed by atoms with Gasteiger partial charge >= 0.3 is 0 Å². The van der Waals surface area contributed by atoms with Crippen LogP contribution in [-0.2, 0) is 5.75 Å². The van der Waals surface area contributed by atoms with E-state index in [-0.39, 0.29) is 16.6 Å². The summed E-state index contributed by atoms with van der Waals surface area (Å²) in [5, 5.41) is 0.605. The van der Waals surface area contributed by atoms with Crippen molar-refractivity contribution in [3.05, 3.63) is 93.0 Å². The monoisotopic (exact) mass is 416 g/mol. The summed E-state index contributed by atoms with van der Waals surface area (Å²) in [5.74, 6) is 0.424. The Bertz CT molecular complexity index is 1500. The lowest BCUT2D eigenvalue weighted by atomic mass is 10.2. The number of aromatic amines is 1. The summed E-state index contributed by atoms with van der Waals surface area (Å²) in [7, 11) is 0. The van der Waals surface area contributed by atoms with Gasteiger partial charge in [0.2, 0.25) is 0 Å². The van der Waals surface area contributed by atoms with Crippen molar-refractivity contribution >= 4 is 28.6 Å². The van der Waals surface area contributed by atoms with E-state index < -0.39 is 0 Å². The molecule has 0 aliphatic carbocycles. The highest BCUT2D eigenvalue weighted by atomic mass is 32.2. The maximum Gasteiger partial charge on any atom is 0.278 e. The van der Waals surface area contributed by atoms with Crippen LogP contribution in [-0.4, -0.2) is 28.9 Å². The average Bonchev–Trinajstić information content (AvgIpc) is 3.13. The maximum absolute atomic E-state index is 12.4. The van der Waals surface area contributed by atoms with Crippen LogP contribution >= 0.6 is 11.8 Å². The van der Waals surface area contributed by atoms with Crippen LogP contribution in [0.25, 0.3) is 22.5 Å². The Morgan fingerprint density at radius 2 is 1.90 bits per heavy atom. The molecule has 5 rings (SSSR count). The molecule has 8 nitrogen and oxygen atoms in total. The first-order valence-electron chi connectivity index (χ1n) is 9.23. The Hall–Kier alpha value is -3.72. The Morgan fingerprint density at radius 1 is 1.07 bits per heavy atom. The van der Waals surface area contributed by atoms with Gasteiger partial charge < -0.3 is 4.98 Å². The Kier molecular flexibility index (Phi) is 4.44. The minimum absolute atomic E-state index is 0.138. The molecular weight excluding hydrogens is 400 g/mol. The van der Waals surface area contributed by atoms with Gasteiger partial charge in [0.15, 0.2) is 16.3 Å². The highest BCUT2D eigenvalue weighted by Gasteiger charge is 2.17. The molecule has 0 bridgehead atoms. The van der Waals surface area contributed by atoms with Crippen LogP contribution in [0.2, 0.25) is 0 Å². The van der Waals surface area contributed by atoms with Crippen molar-refractivity contribution in [3.63, 3.8) is 0 Å². The second-order valence-corrected chi connectivity index (χ2v) is 7.71. The number of benzene rings is 1. The molecular formula is C21H16N6O2S. The number of hydrogen-bond acceptors (Lipinski definition) is 6. The Morgan fingerprint density at radius 3 is 2.73 bits per heavy atom. The second kappa shape index (κ2) is 7.27. The van der Waals surface area contributed by atoms with E-state index in [0.717, 1.165) is 11.3 Å². The van der Waals surface area contributed by atoms with E-state index in [0.29, 0.717) is 27.9 Å². The average molecular weight is 416 g/mol. The lowest BCUT2D eigenvalue weighted by Crippen LogP contribution is -2.14. The zero-order valence-electron chi connectivity index (χ0n) is 15.9. The summed E-state index contributed by atoms with van der Waals surface area (Å²) >= 11 is 1.40. The summed E-state index contributed by atoms with van der Waals surface area (Å²) in [6.45, 7) is 2.01. The van der Waals surface area contributed by atoms with Crippen LogP contribution < -0.4 is 11.1 Å². The lowest BCUT2D eigenvalue weighted by Gasteiger charge is -2.09. The van der Waals surface area contributed by atoms with Gasteiger partial charge in [0.25, 0.3) is 11.1 Å². The van der Waals surface area contributed by atoms with Crippen LogP contribution in [0, 0.1) is 6.92 Å². The summed E-state index contributed by atoms with van der Waals surface area (Å²) in [6.07, 6.45) is 3.06. The standard InChI is InChI=1S/C21H16N6O2S/c1-13-5-7-15(8-6-13)27-19-18(20(29)23-12-22-19)25-21(27)30-11-14-10-17(28)26-9-3-2-4-16(26)24-14/h2-10,12H,11H2,1H3,(H,22,23,29). The fraction of sp³-hybridized carbons (Fsp3) is 0.0952. The van der Waals surface area contributed by atoms with Gasteiger partial charge in [-0.15, -0.1) is 0 Å². The van der Waals surface area contributed by atoms with Crippen molar-refractivity contribution in [2.24, 2.45) is 0 Å². The maximum atomic E-state index is 12.4. The predicted octanol–water partition coefficient (Wildman–Crippen LogP) is 2.72. The predicted molar refractivity (Wildman–Crippen MR) is 115 cm³/mol. The number of H-pyrrole nitrogens is 1. The van der Waals surface area contributed by atoms with Crippen molar-refractivity contribution < 1.29 is 0 Å². The number of nitrogens with zero attached hydrogens (tertiary/aromatic N) is 5. The van der Waals surface area contributed by atoms with Gasteiger partial charge in [-0.25, -0.2) is 15.0 Å². The molecule has 4 aromatic heterocycles. The van der Waals surface area contributed by atoms with Gasteiger partial charge in [0.05, 0.1) is 12.0 Å². The number of hydrogen-bond donors (Lipinski definition) is 1. The highest BCUT2D eigenvalue weighted by molar-refractivity contribution is 7.98. The van der Waals surface area contributed by atoms with Crippen LogP contribution in [0.3, 0.4) is 0 Å². The third kappa shape index (κ3) is 3.18. The van der Waals surface area contributed by atoms with Crippen LogP contribution in [0.1, 0.15) is 11.3 Å². The molecule has 9 heteroatoms. The lowest BCUT2D eigenvalue weighted by molar-refractivity contribution is 0.906. The van der Waals surface area contributed by atoms with Crippen molar-refractivity contribution in [3.8, 4) is 5.69 Å². The van der Waals surface area contributed by atoms with E-state index in [1.54, 1.807) is 18.3 Å². The molecule has 0 saturated carbocycles. The smallest absolute Gasteiger partial charge is 0.278 e. The number of nitrogens with one attached hydrogen (secondary N) is 1. The van der Waals surface area contributed by atoms with E-state index >= 15 is 0 Å². The topological polar surface area (TPSA) is 97.9 Å². The highest BCUT2D eigenvalue weighted by Crippen LogP contribution is 2.27. The molecule has 0 spiro atoms. The van der Waals surface area contributed by atoms with Gasteiger partial charge in [-0.2, -0.15) is 0 Å². The number of pyridine rings is 1. The molecule has 0 aliphatic rings. The van der Waals surface area contributed by atoms with Gasteiger partial charge in [0, 0.05) is 23.7 Å². The zero-order chi connectivity index (χ0) is 20.7. The van der Waals surface area contributed by atoms with Gasteiger partial charge in [-0.3, -0.25) is 18.6 Å². The molecule has 0 amide bonds. The van der Waals surface area contributed by atoms with Crippen molar-refractivity contribution in [1.29, 1.82) is 0 Å². The first-order chi connectivity index (χ1) is 14.6. The Balaban J connectivity index is 1.58. The van der Waals surface area contributed by atoms with Crippen molar-refractivity contribution in [2.75, 3.05) is 0 Å². The SMILES string of the molecule is Cc1ccc(-n2c(SCc3cc(=O)n4ccccc4n3)nc3c(=O)[nH]cnc32)cc1. The van der Waals surface area contributed by atoms with E-state index in [1.165, 1.54) is 28.6 Å². The van der Waals surface area contributed by atoms with E-state index in [2.05, 4.69) is 19.9 Å². The molecule has 4 heterocycles.